The van der Waals surface area contributed by atoms with Crippen LogP contribution in [-0.2, 0) is 0 Å². The fraction of sp³-hybridized carbons (Fsp3) is 0.333. The van der Waals surface area contributed by atoms with Crippen molar-refractivity contribution >= 4 is 18.2 Å². The van der Waals surface area contributed by atoms with Crippen molar-refractivity contribution in [2.45, 2.75) is 18.8 Å². The van der Waals surface area contributed by atoms with Crippen molar-refractivity contribution in [2.75, 3.05) is 12.8 Å². The van der Waals surface area contributed by atoms with Gasteiger partial charge in [-0.05, 0) is 36.5 Å². The van der Waals surface area contributed by atoms with Crippen LogP contribution in [0, 0.1) is 0 Å². The largest absolute Gasteiger partial charge is 0.399 e. The van der Waals surface area contributed by atoms with Crippen molar-refractivity contribution in [1.29, 1.82) is 0 Å². The molecule has 4 N–H and O–H groups in total. The second kappa shape index (κ2) is 4.55. The monoisotopic (exact) mass is 231 g/mol. The number of hydrogen-bond donors (Lipinski definition) is 2. The van der Waals surface area contributed by atoms with Crippen LogP contribution in [0.3, 0.4) is 0 Å². The summed E-state index contributed by atoms with van der Waals surface area (Å²) < 4.78 is 0. The summed E-state index contributed by atoms with van der Waals surface area (Å²) in [5, 5.41) is 8.98. The van der Waals surface area contributed by atoms with Crippen LogP contribution in [0.2, 0.25) is 0 Å². The van der Waals surface area contributed by atoms with Gasteiger partial charge in [0.2, 0.25) is 0 Å². The summed E-state index contributed by atoms with van der Waals surface area (Å²) in [5.74, 6) is 6.96. The predicted molar refractivity (Wildman–Crippen MR) is 70.9 cm³/mol. The Morgan fingerprint density at radius 1 is 1.47 bits per heavy atom. The summed E-state index contributed by atoms with van der Waals surface area (Å²) in [6.45, 7) is 3.37. The van der Waals surface area contributed by atoms with Gasteiger partial charge < -0.3 is 5.73 Å². The first-order valence-electron chi connectivity index (χ1n) is 5.55. The lowest BCUT2D eigenvalue weighted by Gasteiger charge is -2.17. The van der Waals surface area contributed by atoms with Crippen LogP contribution in [0.4, 0.5) is 5.69 Å². The number of hydrogen-bond acceptors (Lipinski definition) is 4. The fourth-order valence-corrected chi connectivity index (χ4v) is 1.90. The van der Waals surface area contributed by atoms with Gasteiger partial charge in [-0.3, -0.25) is 5.01 Å². The zero-order valence-electron chi connectivity index (χ0n) is 9.93. The Labute approximate surface area is 101 Å². The molecule has 0 bridgehead atoms. The van der Waals surface area contributed by atoms with Crippen molar-refractivity contribution in [3.63, 3.8) is 0 Å². The topological polar surface area (TPSA) is 80.0 Å². The van der Waals surface area contributed by atoms with Crippen molar-refractivity contribution in [2.24, 2.45) is 16.0 Å². The number of nitrogens with zero attached hydrogens (tertiary/aromatic N) is 3. The van der Waals surface area contributed by atoms with Crippen molar-refractivity contribution in [3.05, 3.63) is 29.3 Å². The first-order chi connectivity index (χ1) is 8.13. The third-order valence-electron chi connectivity index (χ3n) is 2.83. The molecule has 5 nitrogen and oxygen atoms in total. The third-order valence-corrected chi connectivity index (χ3v) is 2.83. The van der Waals surface area contributed by atoms with Gasteiger partial charge in [0.1, 0.15) is 0 Å². The molecule has 0 unspecified atom stereocenters. The van der Waals surface area contributed by atoms with Gasteiger partial charge >= 0.3 is 0 Å². The SMILES string of the molecule is C=N/N=C(/c1cc(N)ccc1C1CC1)N(C)N. The highest BCUT2D eigenvalue weighted by Crippen LogP contribution is 2.42. The van der Waals surface area contributed by atoms with Crippen molar-refractivity contribution in [3.8, 4) is 0 Å². The minimum atomic E-state index is 0.592. The maximum atomic E-state index is 5.82. The Bertz CT molecular complexity index is 460. The van der Waals surface area contributed by atoms with Gasteiger partial charge in [0, 0.05) is 25.0 Å². The van der Waals surface area contributed by atoms with Gasteiger partial charge in [-0.2, -0.15) is 5.10 Å². The fourth-order valence-electron chi connectivity index (χ4n) is 1.90. The summed E-state index contributed by atoms with van der Waals surface area (Å²) in [5.41, 5.74) is 8.70. The summed E-state index contributed by atoms with van der Waals surface area (Å²) >= 11 is 0. The third kappa shape index (κ3) is 2.45. The molecule has 1 aromatic carbocycles. The van der Waals surface area contributed by atoms with Crippen LogP contribution in [0.1, 0.15) is 29.9 Å². The second-order valence-electron chi connectivity index (χ2n) is 4.30. The number of rotatable bonds is 3. The summed E-state index contributed by atoms with van der Waals surface area (Å²) in [6, 6.07) is 5.85. The molecular formula is C12H17N5. The Morgan fingerprint density at radius 3 is 2.71 bits per heavy atom. The highest BCUT2D eigenvalue weighted by molar-refractivity contribution is 6.00. The highest BCUT2D eigenvalue weighted by atomic mass is 15.4. The number of hydrazine groups is 1. The van der Waals surface area contributed by atoms with Crippen LogP contribution in [0.15, 0.2) is 28.4 Å². The van der Waals surface area contributed by atoms with Crippen LogP contribution in [0.25, 0.3) is 0 Å². The number of anilines is 1. The standard InChI is InChI=1S/C12H17N5/c1-15-16-12(17(2)14)11-7-9(13)5-6-10(11)8-3-4-8/h5-8H,1,3-4,13-14H2,2H3/b16-12-. The van der Waals surface area contributed by atoms with Crippen LogP contribution in [0.5, 0.6) is 0 Å². The first-order valence-corrected chi connectivity index (χ1v) is 5.55. The zero-order chi connectivity index (χ0) is 12.4. The van der Waals surface area contributed by atoms with E-state index in [1.807, 2.05) is 18.2 Å². The van der Waals surface area contributed by atoms with Gasteiger partial charge in [0.25, 0.3) is 0 Å². The van der Waals surface area contributed by atoms with E-state index in [4.69, 9.17) is 11.6 Å². The molecule has 5 heteroatoms. The molecule has 2 rings (SSSR count). The summed E-state index contributed by atoms with van der Waals surface area (Å²) in [6.07, 6.45) is 2.42. The highest BCUT2D eigenvalue weighted by Gasteiger charge is 2.28. The minimum Gasteiger partial charge on any atom is -0.399 e. The van der Waals surface area contributed by atoms with E-state index in [2.05, 4.69) is 16.9 Å². The molecule has 0 radical (unpaired) electrons. The average molecular weight is 231 g/mol. The van der Waals surface area contributed by atoms with Crippen LogP contribution in [-0.4, -0.2) is 24.6 Å². The lowest BCUT2D eigenvalue weighted by molar-refractivity contribution is 0.537. The quantitative estimate of drug-likeness (QED) is 0.270. The molecule has 0 amide bonds. The van der Waals surface area contributed by atoms with Gasteiger partial charge in [0.15, 0.2) is 5.84 Å². The van der Waals surface area contributed by atoms with E-state index in [9.17, 15) is 0 Å². The van der Waals surface area contributed by atoms with E-state index in [0.717, 1.165) is 5.56 Å². The molecule has 1 aromatic rings. The molecule has 1 aliphatic rings. The van der Waals surface area contributed by atoms with E-state index in [1.165, 1.54) is 23.4 Å². The Kier molecular flexibility index (Phi) is 3.10. The molecule has 17 heavy (non-hydrogen) atoms. The Balaban J connectivity index is 2.50. The maximum absolute atomic E-state index is 5.82. The Hall–Kier alpha value is -1.88. The van der Waals surface area contributed by atoms with Gasteiger partial charge in [0.05, 0.1) is 0 Å². The van der Waals surface area contributed by atoms with Crippen LogP contribution < -0.4 is 11.6 Å². The molecule has 0 heterocycles. The van der Waals surface area contributed by atoms with Gasteiger partial charge in [-0.25, -0.2) is 5.84 Å². The van der Waals surface area contributed by atoms with E-state index in [0.29, 0.717) is 17.4 Å². The molecular weight excluding hydrogens is 214 g/mol. The number of nitrogen functional groups attached to an aromatic ring is 1. The van der Waals surface area contributed by atoms with E-state index < -0.39 is 0 Å². The minimum absolute atomic E-state index is 0.592. The van der Waals surface area contributed by atoms with Crippen molar-refractivity contribution in [1.82, 2.24) is 5.01 Å². The molecule has 1 aliphatic carbocycles. The summed E-state index contributed by atoms with van der Waals surface area (Å²) in [4.78, 5) is 0. The maximum Gasteiger partial charge on any atom is 0.172 e. The van der Waals surface area contributed by atoms with Gasteiger partial charge in [-0.15, -0.1) is 5.10 Å². The molecule has 90 valence electrons. The zero-order valence-corrected chi connectivity index (χ0v) is 9.93. The lowest BCUT2D eigenvalue weighted by atomic mass is 10.0. The molecule has 0 saturated heterocycles. The molecule has 0 atom stereocenters. The molecule has 0 spiro atoms. The van der Waals surface area contributed by atoms with Gasteiger partial charge in [-0.1, -0.05) is 6.07 Å². The molecule has 0 aliphatic heterocycles. The second-order valence-corrected chi connectivity index (χ2v) is 4.30. The number of nitrogens with two attached hydrogens (primary N) is 2. The normalized spacial score (nSPS) is 15.8. The number of benzene rings is 1. The van der Waals surface area contributed by atoms with E-state index in [1.54, 1.807) is 7.05 Å². The average Bonchev–Trinajstić information content (AvgIpc) is 3.09. The van der Waals surface area contributed by atoms with Crippen molar-refractivity contribution < 1.29 is 0 Å². The molecule has 1 fully saturated rings. The number of amidine groups is 1. The van der Waals surface area contributed by atoms with E-state index >= 15 is 0 Å². The molecule has 1 saturated carbocycles. The van der Waals surface area contributed by atoms with Crippen LogP contribution >= 0.6 is 0 Å². The summed E-state index contributed by atoms with van der Waals surface area (Å²) in [7, 11) is 1.73. The first kappa shape index (κ1) is 11.6. The predicted octanol–water partition coefficient (Wildman–Crippen LogP) is 1.31. The van der Waals surface area contributed by atoms with E-state index in [-0.39, 0.29) is 0 Å². The lowest BCUT2D eigenvalue weighted by Crippen LogP contribution is -2.34. The smallest absolute Gasteiger partial charge is 0.172 e. The molecule has 0 aromatic heterocycles. The Morgan fingerprint density at radius 2 is 2.18 bits per heavy atom.